The topological polar surface area (TPSA) is 107 Å². The van der Waals surface area contributed by atoms with Gasteiger partial charge >= 0.3 is 5.97 Å². The Morgan fingerprint density at radius 3 is 1.95 bits per heavy atom. The van der Waals surface area contributed by atoms with Gasteiger partial charge in [-0.15, -0.1) is 0 Å². The lowest BCUT2D eigenvalue weighted by Gasteiger charge is -2.07. The van der Waals surface area contributed by atoms with Gasteiger partial charge in [0.05, 0.1) is 0 Å². The summed E-state index contributed by atoms with van der Waals surface area (Å²) in [5, 5.41) is 37.1. The van der Waals surface area contributed by atoms with Crippen molar-refractivity contribution in [3.05, 3.63) is 47.5 Å². The minimum Gasteiger partial charge on any atom is -0.504 e. The van der Waals surface area contributed by atoms with Crippen LogP contribution in [0.4, 0.5) is 0 Å². The number of hydrogen-bond acceptors (Lipinski definition) is 6. The second kappa shape index (κ2) is 6.71. The van der Waals surface area contributed by atoms with E-state index in [4.69, 9.17) is 4.74 Å². The van der Waals surface area contributed by atoms with E-state index in [1.165, 1.54) is 24.3 Å². The predicted octanol–water partition coefficient (Wildman–Crippen LogP) is 2.19. The summed E-state index contributed by atoms with van der Waals surface area (Å²) in [4.78, 5) is 11.6. The van der Waals surface area contributed by atoms with Crippen molar-refractivity contribution in [2.45, 2.75) is 19.4 Å². The fraction of sp³-hybridized carbons (Fsp3) is 0.188. The Morgan fingerprint density at radius 1 is 0.818 bits per heavy atom. The van der Waals surface area contributed by atoms with E-state index in [-0.39, 0.29) is 36.0 Å². The van der Waals surface area contributed by atoms with Gasteiger partial charge in [0, 0.05) is 6.42 Å². The van der Waals surface area contributed by atoms with E-state index in [9.17, 15) is 25.2 Å². The van der Waals surface area contributed by atoms with Gasteiger partial charge in [-0.2, -0.15) is 0 Å². The van der Waals surface area contributed by atoms with Crippen molar-refractivity contribution in [2.24, 2.45) is 0 Å². The van der Waals surface area contributed by atoms with Crippen LogP contribution in [0, 0.1) is 0 Å². The van der Waals surface area contributed by atoms with Crippen molar-refractivity contribution in [1.82, 2.24) is 0 Å². The molecule has 2 rings (SSSR count). The van der Waals surface area contributed by atoms with E-state index in [1.807, 2.05) is 0 Å². The van der Waals surface area contributed by atoms with Crippen molar-refractivity contribution in [1.29, 1.82) is 0 Å². The molecule has 0 aliphatic carbocycles. The molecule has 22 heavy (non-hydrogen) atoms. The van der Waals surface area contributed by atoms with E-state index in [2.05, 4.69) is 0 Å². The molecule has 6 heteroatoms. The summed E-state index contributed by atoms with van der Waals surface area (Å²) in [7, 11) is 0. The Kier molecular flexibility index (Phi) is 4.73. The molecule has 0 bridgehead atoms. The van der Waals surface area contributed by atoms with E-state index >= 15 is 0 Å². The number of carbonyl (C=O) groups is 1. The summed E-state index contributed by atoms with van der Waals surface area (Å²) in [6.45, 7) is -0.00645. The zero-order valence-corrected chi connectivity index (χ0v) is 11.7. The van der Waals surface area contributed by atoms with Crippen LogP contribution >= 0.6 is 0 Å². The molecule has 0 spiro atoms. The number of aromatic hydroxyl groups is 4. The van der Waals surface area contributed by atoms with Crippen molar-refractivity contribution < 1.29 is 30.0 Å². The third-order valence-corrected chi connectivity index (χ3v) is 3.10. The maximum absolute atomic E-state index is 11.6. The van der Waals surface area contributed by atoms with E-state index < -0.39 is 5.97 Å². The maximum atomic E-state index is 11.6. The summed E-state index contributed by atoms with van der Waals surface area (Å²) in [6, 6.07) is 8.54. The highest BCUT2D eigenvalue weighted by Crippen LogP contribution is 2.26. The van der Waals surface area contributed by atoms with Gasteiger partial charge in [0.15, 0.2) is 23.0 Å². The van der Waals surface area contributed by atoms with E-state index in [0.29, 0.717) is 17.5 Å². The molecule has 2 aromatic carbocycles. The normalized spacial score (nSPS) is 10.4. The molecule has 0 saturated carbocycles. The van der Waals surface area contributed by atoms with Crippen LogP contribution in [0.2, 0.25) is 0 Å². The molecular formula is C16H16O6. The van der Waals surface area contributed by atoms with Gasteiger partial charge in [-0.1, -0.05) is 12.1 Å². The van der Waals surface area contributed by atoms with Crippen LogP contribution in [-0.4, -0.2) is 26.4 Å². The van der Waals surface area contributed by atoms with Crippen LogP contribution < -0.4 is 0 Å². The Labute approximate surface area is 126 Å². The molecule has 0 aliphatic rings. The lowest BCUT2D eigenvalue weighted by atomic mass is 10.1. The van der Waals surface area contributed by atoms with Crippen LogP contribution in [0.5, 0.6) is 23.0 Å². The zero-order valence-electron chi connectivity index (χ0n) is 11.7. The van der Waals surface area contributed by atoms with Crippen LogP contribution in [0.15, 0.2) is 36.4 Å². The maximum Gasteiger partial charge on any atom is 0.306 e. The number of benzene rings is 2. The van der Waals surface area contributed by atoms with Gasteiger partial charge in [-0.05, 0) is 41.8 Å². The molecule has 0 radical (unpaired) electrons. The third kappa shape index (κ3) is 4.05. The van der Waals surface area contributed by atoms with Gasteiger partial charge in [-0.25, -0.2) is 0 Å². The summed E-state index contributed by atoms with van der Waals surface area (Å²) in [5.41, 5.74) is 1.26. The molecule has 6 nitrogen and oxygen atoms in total. The lowest BCUT2D eigenvalue weighted by molar-refractivity contribution is -0.144. The van der Waals surface area contributed by atoms with Gasteiger partial charge in [0.2, 0.25) is 0 Å². The summed E-state index contributed by atoms with van der Waals surface area (Å²) in [6.07, 6.45) is 0.488. The molecule has 0 heterocycles. The second-order valence-electron chi connectivity index (χ2n) is 4.81. The number of ether oxygens (including phenoxy) is 1. The highest BCUT2D eigenvalue weighted by atomic mass is 16.5. The molecule has 4 N–H and O–H groups in total. The summed E-state index contributed by atoms with van der Waals surface area (Å²) in [5.74, 6) is -1.38. The minimum atomic E-state index is -0.430. The van der Waals surface area contributed by atoms with Gasteiger partial charge in [0.1, 0.15) is 6.61 Å². The van der Waals surface area contributed by atoms with E-state index in [0.717, 1.165) is 0 Å². The number of hydrogen-bond donors (Lipinski definition) is 4. The Bertz CT molecular complexity index is 623. The third-order valence-electron chi connectivity index (χ3n) is 3.10. The fourth-order valence-corrected chi connectivity index (χ4v) is 1.87. The first kappa shape index (κ1) is 15.5. The first-order valence-electron chi connectivity index (χ1n) is 6.63. The van der Waals surface area contributed by atoms with Gasteiger partial charge in [-0.3, -0.25) is 4.79 Å². The monoisotopic (exact) mass is 304 g/mol. The molecule has 0 saturated heterocycles. The number of phenols is 4. The first-order chi connectivity index (χ1) is 10.5. The second-order valence-corrected chi connectivity index (χ2v) is 4.81. The average molecular weight is 304 g/mol. The molecule has 0 atom stereocenters. The summed E-state index contributed by atoms with van der Waals surface area (Å²) < 4.78 is 5.06. The fourth-order valence-electron chi connectivity index (χ4n) is 1.87. The number of carbonyl (C=O) groups excluding carboxylic acids is 1. The number of phenolic OH excluding ortho intramolecular Hbond substituents is 4. The Balaban J connectivity index is 1.82. The Morgan fingerprint density at radius 2 is 1.36 bits per heavy atom. The van der Waals surface area contributed by atoms with Crippen molar-refractivity contribution in [2.75, 3.05) is 0 Å². The van der Waals surface area contributed by atoms with Crippen LogP contribution in [0.25, 0.3) is 0 Å². The average Bonchev–Trinajstić information content (AvgIpc) is 2.49. The van der Waals surface area contributed by atoms with Crippen LogP contribution in [0.3, 0.4) is 0 Å². The van der Waals surface area contributed by atoms with Crippen molar-refractivity contribution in [3.63, 3.8) is 0 Å². The minimum absolute atomic E-state index is 0.00645. The molecule has 0 aliphatic heterocycles. The summed E-state index contributed by atoms with van der Waals surface area (Å²) >= 11 is 0. The first-order valence-corrected chi connectivity index (χ1v) is 6.63. The molecule has 116 valence electrons. The molecular weight excluding hydrogens is 288 g/mol. The van der Waals surface area contributed by atoms with Crippen LogP contribution in [0.1, 0.15) is 17.5 Å². The highest BCUT2D eigenvalue weighted by molar-refractivity contribution is 5.69. The number of esters is 1. The largest absolute Gasteiger partial charge is 0.504 e. The molecule has 0 amide bonds. The van der Waals surface area contributed by atoms with Crippen molar-refractivity contribution in [3.8, 4) is 23.0 Å². The van der Waals surface area contributed by atoms with Gasteiger partial charge in [0.25, 0.3) is 0 Å². The number of aryl methyl sites for hydroxylation is 1. The molecule has 0 aromatic heterocycles. The molecule has 0 fully saturated rings. The van der Waals surface area contributed by atoms with Crippen molar-refractivity contribution >= 4 is 5.97 Å². The van der Waals surface area contributed by atoms with Crippen LogP contribution in [-0.2, 0) is 22.6 Å². The highest BCUT2D eigenvalue weighted by Gasteiger charge is 2.07. The number of rotatable bonds is 5. The molecule has 2 aromatic rings. The standard InChI is InChI=1S/C16H16O6/c17-12-4-1-10(7-14(12)19)3-6-16(21)22-9-11-2-5-13(18)15(20)8-11/h1-2,4-5,7-8,17-20H,3,6,9H2. The quantitative estimate of drug-likeness (QED) is 0.498. The van der Waals surface area contributed by atoms with Gasteiger partial charge < -0.3 is 25.2 Å². The Hall–Kier alpha value is -2.89. The lowest BCUT2D eigenvalue weighted by Crippen LogP contribution is -2.05. The smallest absolute Gasteiger partial charge is 0.306 e. The van der Waals surface area contributed by atoms with E-state index in [1.54, 1.807) is 12.1 Å². The zero-order chi connectivity index (χ0) is 16.1. The molecule has 0 unspecified atom stereocenters. The predicted molar refractivity (Wildman–Crippen MR) is 77.7 cm³/mol. The SMILES string of the molecule is O=C(CCc1ccc(O)c(O)c1)OCc1ccc(O)c(O)c1.